The molecule has 4 aromatic carbocycles. The van der Waals surface area contributed by atoms with Gasteiger partial charge in [0, 0.05) is 22.1 Å². The maximum atomic E-state index is 13.6. The van der Waals surface area contributed by atoms with Crippen LogP contribution in [0, 0.1) is 15.9 Å². The second kappa shape index (κ2) is 8.77. The Balaban J connectivity index is 1.47. The molecule has 0 radical (unpaired) electrons. The molecule has 7 rings (SSSR count). The molecule has 6 aromatic rings. The fourth-order valence-electron chi connectivity index (χ4n) is 5.11. The summed E-state index contributed by atoms with van der Waals surface area (Å²) in [5.41, 5.74) is 4.90. The van der Waals surface area contributed by atoms with Gasteiger partial charge in [0.2, 0.25) is 0 Å². The second-order valence-electron chi connectivity index (χ2n) is 9.31. The fourth-order valence-corrected chi connectivity index (χ4v) is 6.06. The maximum Gasteiger partial charge on any atom is 0.365 e. The molecule has 8 nitrogen and oxygen atoms in total. The molecule has 0 N–H and O–H groups in total. The zero-order valence-electron chi connectivity index (χ0n) is 20.0. The van der Waals surface area contributed by atoms with E-state index in [1.807, 2.05) is 12.1 Å². The van der Waals surface area contributed by atoms with Crippen molar-refractivity contribution in [2.75, 3.05) is 0 Å². The number of nitrogens with zero attached hydrogens (tertiary/aromatic N) is 6. The number of thiazole rings is 1. The predicted octanol–water partition coefficient (Wildman–Crippen LogP) is 5.90. The van der Waals surface area contributed by atoms with Crippen molar-refractivity contribution >= 4 is 38.0 Å². The minimum atomic E-state index is -0.388. The third-order valence-corrected chi connectivity index (χ3v) is 7.95. The summed E-state index contributed by atoms with van der Waals surface area (Å²) >= 11 is 1.52. The molecule has 0 spiro atoms. The molecular formula is C28H20FN6O2S+. The predicted molar refractivity (Wildman–Crippen MR) is 142 cm³/mol. The first-order chi connectivity index (χ1) is 18.5. The van der Waals surface area contributed by atoms with Gasteiger partial charge >= 0.3 is 5.13 Å². The molecule has 10 heteroatoms. The lowest BCUT2D eigenvalue weighted by molar-refractivity contribution is -0.733. The number of nitro groups is 1. The zero-order chi connectivity index (χ0) is 25.8. The third kappa shape index (κ3) is 3.72. The molecule has 2 aromatic heterocycles. The molecule has 0 saturated carbocycles. The van der Waals surface area contributed by atoms with Crippen LogP contribution in [0.2, 0.25) is 0 Å². The van der Waals surface area contributed by atoms with Crippen LogP contribution >= 0.6 is 11.3 Å². The van der Waals surface area contributed by atoms with E-state index in [1.165, 1.54) is 53.5 Å². The Hall–Kier alpha value is -4.57. The van der Waals surface area contributed by atoms with E-state index in [4.69, 9.17) is 15.2 Å². The van der Waals surface area contributed by atoms with Crippen LogP contribution in [-0.4, -0.2) is 24.9 Å². The minimum Gasteiger partial charge on any atom is -0.258 e. The molecule has 0 atom stereocenters. The van der Waals surface area contributed by atoms with Crippen molar-refractivity contribution in [1.29, 1.82) is 0 Å². The number of nitro benzene ring substituents is 1. The van der Waals surface area contributed by atoms with Crippen molar-refractivity contribution in [2.24, 2.45) is 0 Å². The van der Waals surface area contributed by atoms with Crippen LogP contribution in [0.5, 0.6) is 0 Å². The third-order valence-electron chi connectivity index (χ3n) is 6.96. The van der Waals surface area contributed by atoms with Gasteiger partial charge in [-0.05, 0) is 100 Å². The van der Waals surface area contributed by atoms with Crippen molar-refractivity contribution in [2.45, 2.75) is 25.7 Å². The van der Waals surface area contributed by atoms with E-state index < -0.39 is 0 Å². The van der Waals surface area contributed by atoms with Crippen LogP contribution in [0.3, 0.4) is 0 Å². The molecule has 38 heavy (non-hydrogen) atoms. The summed E-state index contributed by atoms with van der Waals surface area (Å²) in [5, 5.41) is 23.0. The Labute approximate surface area is 219 Å². The first-order valence-electron chi connectivity index (χ1n) is 12.3. The standard InChI is InChI=1S/C28H20FN6O2S/c29-20-11-9-17(10-12-20)27-31-33(24-13-14-25(35(36)37)22-8-4-3-7-21(22)24)34(32-27)28-30-23-15-18-5-1-2-6-19(18)16-26(23)38-28/h3-4,7-16H,1-2,5-6H2/q+1. The van der Waals surface area contributed by atoms with Crippen LogP contribution in [-0.2, 0) is 12.8 Å². The molecule has 0 saturated heterocycles. The molecule has 0 amide bonds. The van der Waals surface area contributed by atoms with Gasteiger partial charge < -0.3 is 0 Å². The number of fused-ring (bicyclic) bond motifs is 3. The van der Waals surface area contributed by atoms with E-state index >= 15 is 0 Å². The smallest absolute Gasteiger partial charge is 0.258 e. The van der Waals surface area contributed by atoms with Gasteiger partial charge in [-0.3, -0.25) is 10.1 Å². The number of aromatic nitrogens is 5. The van der Waals surface area contributed by atoms with E-state index in [0.29, 0.717) is 33.0 Å². The molecule has 0 aliphatic heterocycles. The molecule has 2 heterocycles. The molecule has 1 aliphatic rings. The lowest BCUT2D eigenvalue weighted by Gasteiger charge is -2.14. The van der Waals surface area contributed by atoms with Gasteiger partial charge in [0.05, 0.1) is 15.0 Å². The van der Waals surface area contributed by atoms with Gasteiger partial charge in [-0.1, -0.05) is 34.5 Å². The highest BCUT2D eigenvalue weighted by atomic mass is 32.1. The Morgan fingerprint density at radius 2 is 1.68 bits per heavy atom. The maximum absolute atomic E-state index is 13.6. The summed E-state index contributed by atoms with van der Waals surface area (Å²) in [6, 6.07) is 20.7. The van der Waals surface area contributed by atoms with E-state index in [0.717, 1.165) is 23.1 Å². The SMILES string of the molecule is O=[N+]([O-])c1ccc(-n2nc(-c3ccc(F)cc3)n[n+]2-c2nc3cc4c(cc3s2)CCCC4)c2ccccc12. The quantitative estimate of drug-likeness (QED) is 0.163. The lowest BCUT2D eigenvalue weighted by atomic mass is 9.92. The lowest BCUT2D eigenvalue weighted by Crippen LogP contribution is -2.43. The minimum absolute atomic E-state index is 0.0142. The number of hydrogen-bond donors (Lipinski definition) is 0. The van der Waals surface area contributed by atoms with Crippen molar-refractivity contribution in [3.63, 3.8) is 0 Å². The number of benzene rings is 4. The summed E-state index contributed by atoms with van der Waals surface area (Å²) in [5.74, 6) is 0.0311. The van der Waals surface area contributed by atoms with E-state index in [-0.39, 0.29) is 16.4 Å². The van der Waals surface area contributed by atoms with Crippen LogP contribution < -0.4 is 4.80 Å². The normalized spacial score (nSPS) is 13.2. The Morgan fingerprint density at radius 1 is 0.947 bits per heavy atom. The highest BCUT2D eigenvalue weighted by molar-refractivity contribution is 7.20. The zero-order valence-corrected chi connectivity index (χ0v) is 20.9. The van der Waals surface area contributed by atoms with Gasteiger partial charge in [-0.25, -0.2) is 4.39 Å². The van der Waals surface area contributed by atoms with Crippen LogP contribution in [0.15, 0.2) is 72.8 Å². The molecular weight excluding hydrogens is 503 g/mol. The highest BCUT2D eigenvalue weighted by Gasteiger charge is 2.27. The van der Waals surface area contributed by atoms with Gasteiger partial charge in [0.25, 0.3) is 11.5 Å². The van der Waals surface area contributed by atoms with Crippen LogP contribution in [0.25, 0.3) is 43.2 Å². The number of rotatable bonds is 4. The van der Waals surface area contributed by atoms with E-state index in [1.54, 1.807) is 39.9 Å². The van der Waals surface area contributed by atoms with Crippen molar-refractivity contribution in [3.05, 3.63) is 99.9 Å². The van der Waals surface area contributed by atoms with E-state index in [9.17, 15) is 14.5 Å². The summed E-state index contributed by atoms with van der Waals surface area (Å²) in [7, 11) is 0. The average molecular weight is 524 g/mol. The Bertz CT molecular complexity index is 1840. The number of halogens is 1. The van der Waals surface area contributed by atoms with Gasteiger partial charge in [-0.15, -0.1) is 0 Å². The molecule has 0 fully saturated rings. The topological polar surface area (TPSA) is 90.6 Å². The molecule has 186 valence electrons. The highest BCUT2D eigenvalue weighted by Crippen LogP contribution is 2.32. The number of tetrazole rings is 1. The second-order valence-corrected chi connectivity index (χ2v) is 10.3. The Kier molecular flexibility index (Phi) is 5.22. The monoisotopic (exact) mass is 523 g/mol. The van der Waals surface area contributed by atoms with Crippen LogP contribution in [0.1, 0.15) is 24.0 Å². The van der Waals surface area contributed by atoms with Crippen LogP contribution in [0.4, 0.5) is 10.1 Å². The van der Waals surface area contributed by atoms with Crippen molar-refractivity contribution < 1.29 is 14.1 Å². The van der Waals surface area contributed by atoms with Crippen molar-refractivity contribution in [1.82, 2.24) is 20.0 Å². The van der Waals surface area contributed by atoms with Gasteiger partial charge in [0.15, 0.2) is 5.52 Å². The summed E-state index contributed by atoms with van der Waals surface area (Å²) in [6.45, 7) is 0. The summed E-state index contributed by atoms with van der Waals surface area (Å²) < 4.78 is 14.7. The van der Waals surface area contributed by atoms with Gasteiger partial charge in [-0.2, -0.15) is 0 Å². The van der Waals surface area contributed by atoms with Gasteiger partial charge in [0.1, 0.15) is 11.5 Å². The summed E-state index contributed by atoms with van der Waals surface area (Å²) in [4.78, 5) is 19.5. The molecule has 0 unspecified atom stereocenters. The molecule has 0 bridgehead atoms. The first-order valence-corrected chi connectivity index (χ1v) is 13.1. The summed E-state index contributed by atoms with van der Waals surface area (Å²) in [6.07, 6.45) is 4.52. The fraction of sp³-hybridized carbons (Fsp3) is 0.143. The number of hydrogen-bond acceptors (Lipinski definition) is 6. The Morgan fingerprint density at radius 3 is 2.45 bits per heavy atom. The first kappa shape index (κ1) is 22.6. The van der Waals surface area contributed by atoms with Crippen molar-refractivity contribution in [3.8, 4) is 22.2 Å². The van der Waals surface area contributed by atoms with E-state index in [2.05, 4.69) is 12.1 Å². The average Bonchev–Trinajstić information content (AvgIpc) is 3.55. The largest absolute Gasteiger partial charge is 0.365 e. The number of aryl methyl sites for hydroxylation is 2. The number of non-ortho nitro benzene ring substituents is 1. The molecule has 1 aliphatic carbocycles.